The minimum atomic E-state index is -1.78. The topological polar surface area (TPSA) is 35.2 Å². The number of benzene rings is 1. The monoisotopic (exact) mass is 359 g/mol. The van der Waals surface area contributed by atoms with Crippen LogP contribution in [0.2, 0.25) is 16.6 Å². The first-order chi connectivity index (χ1) is 11.7. The molecule has 0 aromatic heterocycles. The first-order valence-corrected chi connectivity index (χ1v) is 12.4. The van der Waals surface area contributed by atoms with Crippen molar-refractivity contribution in [3.63, 3.8) is 0 Å². The van der Waals surface area contributed by atoms with E-state index in [9.17, 15) is 0 Å². The molecule has 1 aromatic carbocycles. The maximum atomic E-state index is 6.74. The Hall–Kier alpha value is -0.643. The van der Waals surface area contributed by atoms with Gasteiger partial charge in [-0.15, -0.1) is 0 Å². The van der Waals surface area contributed by atoms with Crippen LogP contribution in [-0.2, 0) is 16.4 Å². The van der Waals surface area contributed by atoms with E-state index in [4.69, 9.17) is 10.2 Å². The zero-order valence-electron chi connectivity index (χ0n) is 17.0. The van der Waals surface area contributed by atoms with Crippen molar-refractivity contribution in [1.82, 2.24) is 0 Å². The van der Waals surface area contributed by atoms with Gasteiger partial charge in [0.2, 0.25) is 8.32 Å². The van der Waals surface area contributed by atoms with Gasteiger partial charge in [-0.3, -0.25) is 0 Å². The summed E-state index contributed by atoms with van der Waals surface area (Å²) in [6.45, 7) is 14.9. The summed E-state index contributed by atoms with van der Waals surface area (Å²) in [6.07, 6.45) is 3.77. The summed E-state index contributed by atoms with van der Waals surface area (Å²) >= 11 is 0. The van der Waals surface area contributed by atoms with E-state index in [1.807, 2.05) is 0 Å². The fourth-order valence-corrected chi connectivity index (χ4v) is 11.3. The van der Waals surface area contributed by atoms with Crippen molar-refractivity contribution < 1.29 is 4.43 Å². The van der Waals surface area contributed by atoms with Crippen LogP contribution in [0.25, 0.3) is 0 Å². The lowest BCUT2D eigenvalue weighted by Crippen LogP contribution is -2.47. The van der Waals surface area contributed by atoms with Gasteiger partial charge in [0, 0.05) is 11.5 Å². The second-order valence-electron chi connectivity index (χ2n) is 9.47. The zero-order chi connectivity index (χ0) is 18.4. The molecule has 2 fully saturated rings. The molecule has 0 unspecified atom stereocenters. The molecule has 3 heteroatoms. The summed E-state index contributed by atoms with van der Waals surface area (Å²) in [5.74, 6) is 0.734. The van der Waals surface area contributed by atoms with Crippen LogP contribution in [0, 0.1) is 5.92 Å². The summed E-state index contributed by atoms with van der Waals surface area (Å²) in [5.41, 5.74) is 11.4. The Kier molecular flexibility index (Phi) is 5.22. The highest BCUT2D eigenvalue weighted by Crippen LogP contribution is 2.63. The molecule has 2 nitrogen and oxygen atoms in total. The maximum absolute atomic E-state index is 6.74. The van der Waals surface area contributed by atoms with Gasteiger partial charge in [0.25, 0.3) is 0 Å². The Morgan fingerprint density at radius 3 is 2.00 bits per heavy atom. The highest BCUT2D eigenvalue weighted by Gasteiger charge is 2.61. The Labute approximate surface area is 155 Å². The van der Waals surface area contributed by atoms with Gasteiger partial charge in [0.1, 0.15) is 0 Å². The zero-order valence-corrected chi connectivity index (χ0v) is 18.0. The molecule has 2 saturated carbocycles. The summed E-state index contributed by atoms with van der Waals surface area (Å²) < 4.78 is 6.74. The third kappa shape index (κ3) is 3.13. The molecule has 0 amide bonds. The number of hydrogen-bond acceptors (Lipinski definition) is 2. The molecule has 2 N–H and O–H groups in total. The van der Waals surface area contributed by atoms with E-state index in [1.54, 1.807) is 0 Å². The van der Waals surface area contributed by atoms with E-state index >= 15 is 0 Å². The molecule has 1 aromatic rings. The lowest BCUT2D eigenvalue weighted by Gasteiger charge is -2.42. The van der Waals surface area contributed by atoms with Crippen LogP contribution in [0.3, 0.4) is 0 Å². The van der Waals surface area contributed by atoms with Gasteiger partial charge in [0.05, 0.1) is 6.61 Å². The molecule has 0 bridgehead atoms. The Balaban J connectivity index is 1.69. The van der Waals surface area contributed by atoms with Crippen molar-refractivity contribution in [3.05, 3.63) is 35.4 Å². The molecule has 2 aliphatic carbocycles. The number of rotatable bonds is 7. The third-order valence-corrected chi connectivity index (χ3v) is 13.4. The highest BCUT2D eigenvalue weighted by atomic mass is 28.4. The van der Waals surface area contributed by atoms with Gasteiger partial charge >= 0.3 is 0 Å². The van der Waals surface area contributed by atoms with Gasteiger partial charge in [-0.1, -0.05) is 65.8 Å². The van der Waals surface area contributed by atoms with E-state index in [0.717, 1.165) is 12.5 Å². The van der Waals surface area contributed by atoms with E-state index in [0.29, 0.717) is 28.1 Å². The first-order valence-electron chi connectivity index (χ1n) is 10.2. The Morgan fingerprint density at radius 2 is 1.60 bits per heavy atom. The van der Waals surface area contributed by atoms with Gasteiger partial charge in [-0.05, 0) is 52.9 Å². The SMILES string of the molecule is CC(C)[Si](OCc1ccc([C@]23CC[C@@H](N)[C@H]2C3)cc1)(C(C)C)C(C)C. The maximum Gasteiger partial charge on any atom is 0.200 e. The molecule has 0 heterocycles. The van der Waals surface area contributed by atoms with Gasteiger partial charge in [-0.25, -0.2) is 0 Å². The quantitative estimate of drug-likeness (QED) is 0.628. The van der Waals surface area contributed by atoms with Crippen LogP contribution in [-0.4, -0.2) is 14.4 Å². The Bertz CT molecular complexity index is 573. The molecule has 0 radical (unpaired) electrons. The molecule has 0 spiro atoms. The summed E-state index contributed by atoms with van der Waals surface area (Å²) in [6, 6.07) is 9.71. The molecule has 3 atom stereocenters. The van der Waals surface area contributed by atoms with Crippen LogP contribution in [0.5, 0.6) is 0 Å². The van der Waals surface area contributed by atoms with Gasteiger partial charge in [-0.2, -0.15) is 0 Å². The average molecular weight is 360 g/mol. The van der Waals surface area contributed by atoms with Crippen molar-refractivity contribution in [2.24, 2.45) is 11.7 Å². The van der Waals surface area contributed by atoms with E-state index in [1.165, 1.54) is 30.4 Å². The number of fused-ring (bicyclic) bond motifs is 1. The lowest BCUT2D eigenvalue weighted by molar-refractivity contribution is 0.266. The van der Waals surface area contributed by atoms with Crippen molar-refractivity contribution in [3.8, 4) is 0 Å². The Morgan fingerprint density at radius 1 is 1.04 bits per heavy atom. The molecule has 140 valence electrons. The van der Waals surface area contributed by atoms with Crippen LogP contribution in [0.1, 0.15) is 71.9 Å². The van der Waals surface area contributed by atoms with E-state index in [2.05, 4.69) is 65.8 Å². The van der Waals surface area contributed by atoms with Crippen molar-refractivity contribution in [2.45, 2.75) is 95.5 Å². The predicted octanol–water partition coefficient (Wildman–Crippen LogP) is 5.76. The largest absolute Gasteiger partial charge is 0.412 e. The van der Waals surface area contributed by atoms with Crippen LogP contribution in [0.4, 0.5) is 0 Å². The second-order valence-corrected chi connectivity index (χ2v) is 14.9. The molecule has 0 saturated heterocycles. The number of hydrogen-bond donors (Lipinski definition) is 1. The van der Waals surface area contributed by atoms with Crippen molar-refractivity contribution >= 4 is 8.32 Å². The molecule has 25 heavy (non-hydrogen) atoms. The first kappa shape index (κ1) is 19.1. The van der Waals surface area contributed by atoms with Crippen LogP contribution >= 0.6 is 0 Å². The predicted molar refractivity (Wildman–Crippen MR) is 109 cm³/mol. The fourth-order valence-electron chi connectivity index (χ4n) is 5.93. The molecule has 0 aliphatic heterocycles. The summed E-state index contributed by atoms with van der Waals surface area (Å²) in [5, 5.41) is 0. The summed E-state index contributed by atoms with van der Waals surface area (Å²) in [7, 11) is -1.78. The fraction of sp³-hybridized carbons (Fsp3) is 0.727. The summed E-state index contributed by atoms with van der Waals surface area (Å²) in [4.78, 5) is 0. The standard InChI is InChI=1S/C22H37NOSi/c1-15(2)25(16(3)4,17(5)6)24-14-18-7-9-19(10-8-18)22-12-11-21(23)20(22)13-22/h7-10,15-17,20-21H,11-14,23H2,1-6H3/t20-,21-,22-/m1/s1. The second kappa shape index (κ2) is 6.83. The van der Waals surface area contributed by atoms with Gasteiger partial charge < -0.3 is 10.2 Å². The molecular weight excluding hydrogens is 322 g/mol. The lowest BCUT2D eigenvalue weighted by atomic mass is 9.93. The van der Waals surface area contributed by atoms with Crippen LogP contribution in [0.15, 0.2) is 24.3 Å². The highest BCUT2D eigenvalue weighted by molar-refractivity contribution is 6.77. The van der Waals surface area contributed by atoms with Crippen molar-refractivity contribution in [1.29, 1.82) is 0 Å². The van der Waals surface area contributed by atoms with Crippen LogP contribution < -0.4 is 5.73 Å². The van der Waals surface area contributed by atoms with E-state index < -0.39 is 8.32 Å². The number of nitrogens with two attached hydrogens (primary N) is 1. The smallest absolute Gasteiger partial charge is 0.200 e. The molecule has 3 rings (SSSR count). The normalized spacial score (nSPS) is 28.9. The molecule has 2 aliphatic rings. The van der Waals surface area contributed by atoms with Gasteiger partial charge in [0.15, 0.2) is 0 Å². The minimum absolute atomic E-state index is 0.422. The van der Waals surface area contributed by atoms with E-state index in [-0.39, 0.29) is 0 Å². The third-order valence-electron chi connectivity index (χ3n) is 7.30. The van der Waals surface area contributed by atoms with Crippen molar-refractivity contribution in [2.75, 3.05) is 0 Å². The average Bonchev–Trinajstić information content (AvgIpc) is 3.21. The minimum Gasteiger partial charge on any atom is -0.412 e. The molecular formula is C22H37NOSi.